The minimum Gasteiger partial charge on any atom is -0.422 e. The van der Waals surface area contributed by atoms with Crippen molar-refractivity contribution in [1.82, 2.24) is 0 Å². The third kappa shape index (κ3) is 3.82. The average molecular weight is 333 g/mol. The zero-order valence-electron chi connectivity index (χ0n) is 15.1. The lowest BCUT2D eigenvalue weighted by Gasteiger charge is -2.11. The SMILES string of the molecule is CC(C)c1ccc(C2=CC(=Cc3ccc(N(C)C)cc3)C(=O)O2)cc1. The Morgan fingerprint density at radius 3 is 2.16 bits per heavy atom. The number of cyclic esters (lactones) is 1. The van der Waals surface area contributed by atoms with E-state index >= 15 is 0 Å². The van der Waals surface area contributed by atoms with Crippen LogP contribution >= 0.6 is 0 Å². The molecular weight excluding hydrogens is 310 g/mol. The molecule has 1 aliphatic rings. The highest BCUT2D eigenvalue weighted by Gasteiger charge is 2.22. The van der Waals surface area contributed by atoms with Gasteiger partial charge in [0.2, 0.25) is 0 Å². The largest absolute Gasteiger partial charge is 0.422 e. The van der Waals surface area contributed by atoms with Gasteiger partial charge in [-0.3, -0.25) is 0 Å². The van der Waals surface area contributed by atoms with Crippen molar-refractivity contribution in [3.8, 4) is 0 Å². The molecule has 25 heavy (non-hydrogen) atoms. The Bertz CT molecular complexity index is 825. The van der Waals surface area contributed by atoms with E-state index < -0.39 is 0 Å². The molecule has 0 atom stereocenters. The van der Waals surface area contributed by atoms with Crippen LogP contribution in [0.3, 0.4) is 0 Å². The van der Waals surface area contributed by atoms with Crippen molar-refractivity contribution in [1.29, 1.82) is 0 Å². The van der Waals surface area contributed by atoms with Crippen LogP contribution < -0.4 is 4.90 Å². The molecule has 0 aliphatic carbocycles. The fraction of sp³-hybridized carbons (Fsp3) is 0.227. The van der Waals surface area contributed by atoms with Gasteiger partial charge in [-0.1, -0.05) is 50.2 Å². The van der Waals surface area contributed by atoms with Crippen molar-refractivity contribution in [3.63, 3.8) is 0 Å². The monoisotopic (exact) mass is 333 g/mol. The van der Waals surface area contributed by atoms with Crippen LogP contribution in [-0.4, -0.2) is 20.1 Å². The summed E-state index contributed by atoms with van der Waals surface area (Å²) in [7, 11) is 4.00. The molecule has 3 nitrogen and oxygen atoms in total. The molecule has 2 aromatic carbocycles. The highest BCUT2D eigenvalue weighted by molar-refractivity contribution is 6.05. The van der Waals surface area contributed by atoms with E-state index in [0.29, 0.717) is 17.3 Å². The lowest BCUT2D eigenvalue weighted by atomic mass is 10.0. The van der Waals surface area contributed by atoms with Crippen LogP contribution in [0, 0.1) is 0 Å². The smallest absolute Gasteiger partial charge is 0.343 e. The third-order valence-corrected chi connectivity index (χ3v) is 4.32. The van der Waals surface area contributed by atoms with E-state index in [1.54, 1.807) is 0 Å². The first-order valence-electron chi connectivity index (χ1n) is 8.47. The van der Waals surface area contributed by atoms with Gasteiger partial charge < -0.3 is 9.64 Å². The summed E-state index contributed by atoms with van der Waals surface area (Å²) < 4.78 is 5.44. The van der Waals surface area contributed by atoms with Gasteiger partial charge in [0, 0.05) is 25.3 Å². The van der Waals surface area contributed by atoms with E-state index in [0.717, 1.165) is 16.8 Å². The van der Waals surface area contributed by atoms with E-state index in [2.05, 4.69) is 26.0 Å². The first kappa shape index (κ1) is 17.0. The van der Waals surface area contributed by atoms with Crippen LogP contribution in [-0.2, 0) is 9.53 Å². The van der Waals surface area contributed by atoms with E-state index in [9.17, 15) is 4.79 Å². The first-order chi connectivity index (χ1) is 11.9. The van der Waals surface area contributed by atoms with Gasteiger partial charge in [-0.25, -0.2) is 4.79 Å². The maximum Gasteiger partial charge on any atom is 0.343 e. The van der Waals surface area contributed by atoms with Crippen molar-refractivity contribution < 1.29 is 9.53 Å². The molecule has 1 aliphatic heterocycles. The minimum absolute atomic E-state index is 0.306. The highest BCUT2D eigenvalue weighted by atomic mass is 16.5. The number of carbonyl (C=O) groups excluding carboxylic acids is 1. The number of hydrogen-bond acceptors (Lipinski definition) is 3. The summed E-state index contributed by atoms with van der Waals surface area (Å²) in [6.07, 6.45) is 3.67. The van der Waals surface area contributed by atoms with Gasteiger partial charge in [-0.15, -0.1) is 0 Å². The zero-order chi connectivity index (χ0) is 18.0. The molecule has 3 heteroatoms. The molecule has 0 unspecified atom stereocenters. The molecule has 3 rings (SSSR count). The maximum absolute atomic E-state index is 12.2. The Labute approximate surface area is 149 Å². The van der Waals surface area contributed by atoms with Gasteiger partial charge in [-0.05, 0) is 41.3 Å². The van der Waals surface area contributed by atoms with Gasteiger partial charge in [0.25, 0.3) is 0 Å². The Hall–Kier alpha value is -2.81. The van der Waals surface area contributed by atoms with E-state index in [4.69, 9.17) is 4.74 Å². The molecule has 0 amide bonds. The zero-order valence-corrected chi connectivity index (χ0v) is 15.1. The number of benzene rings is 2. The lowest BCUT2D eigenvalue weighted by molar-refractivity contribution is -0.130. The molecule has 0 N–H and O–H groups in total. The summed E-state index contributed by atoms with van der Waals surface area (Å²) in [6, 6.07) is 16.2. The Morgan fingerprint density at radius 2 is 1.60 bits per heavy atom. The lowest BCUT2D eigenvalue weighted by Crippen LogP contribution is -2.07. The molecule has 0 aromatic heterocycles. The Kier molecular flexibility index (Phi) is 4.75. The van der Waals surface area contributed by atoms with E-state index in [1.165, 1.54) is 5.56 Å². The van der Waals surface area contributed by atoms with Crippen LogP contribution in [0.2, 0.25) is 0 Å². The van der Waals surface area contributed by atoms with Crippen molar-refractivity contribution in [3.05, 3.63) is 76.9 Å². The van der Waals surface area contributed by atoms with Crippen molar-refractivity contribution >= 4 is 23.5 Å². The molecule has 128 valence electrons. The van der Waals surface area contributed by atoms with Crippen LogP contribution in [0.5, 0.6) is 0 Å². The fourth-order valence-electron chi connectivity index (χ4n) is 2.71. The normalized spacial score (nSPS) is 15.5. The summed E-state index contributed by atoms with van der Waals surface area (Å²) >= 11 is 0. The second-order valence-electron chi connectivity index (χ2n) is 6.76. The molecule has 0 saturated carbocycles. The first-order valence-corrected chi connectivity index (χ1v) is 8.47. The molecule has 0 saturated heterocycles. The summed E-state index contributed by atoms with van der Waals surface area (Å²) in [6.45, 7) is 4.32. The fourth-order valence-corrected chi connectivity index (χ4v) is 2.71. The Balaban J connectivity index is 1.84. The summed E-state index contributed by atoms with van der Waals surface area (Å²) in [4.78, 5) is 14.2. The maximum atomic E-state index is 12.2. The second kappa shape index (κ2) is 6.98. The topological polar surface area (TPSA) is 29.5 Å². The second-order valence-corrected chi connectivity index (χ2v) is 6.76. The molecule has 2 aromatic rings. The summed E-state index contributed by atoms with van der Waals surface area (Å²) in [5.74, 6) is 0.783. The van der Waals surface area contributed by atoms with Gasteiger partial charge >= 0.3 is 5.97 Å². The van der Waals surface area contributed by atoms with Gasteiger partial charge in [0.05, 0.1) is 5.57 Å². The van der Waals surface area contributed by atoms with Gasteiger partial charge in [0.15, 0.2) is 0 Å². The number of esters is 1. The molecule has 0 fully saturated rings. The molecule has 0 spiro atoms. The number of hydrogen-bond donors (Lipinski definition) is 0. The standard InChI is InChI=1S/C22H23NO2/c1-15(2)17-7-9-18(10-8-17)21-14-19(22(24)25-21)13-16-5-11-20(12-6-16)23(3)4/h5-15H,1-4H3. The van der Waals surface area contributed by atoms with Crippen LogP contribution in [0.15, 0.2) is 60.2 Å². The minimum atomic E-state index is -0.306. The summed E-state index contributed by atoms with van der Waals surface area (Å²) in [5, 5.41) is 0. The predicted molar refractivity (Wildman–Crippen MR) is 103 cm³/mol. The number of anilines is 1. The number of nitrogens with zero attached hydrogens (tertiary/aromatic N) is 1. The van der Waals surface area contributed by atoms with E-state index in [-0.39, 0.29) is 5.97 Å². The quantitative estimate of drug-likeness (QED) is 0.591. The van der Waals surface area contributed by atoms with Crippen molar-refractivity contribution in [2.24, 2.45) is 0 Å². The predicted octanol–water partition coefficient (Wildman–Crippen LogP) is 4.86. The van der Waals surface area contributed by atoms with Gasteiger partial charge in [-0.2, -0.15) is 0 Å². The number of rotatable bonds is 4. The highest BCUT2D eigenvalue weighted by Crippen LogP contribution is 2.28. The van der Waals surface area contributed by atoms with Crippen LogP contribution in [0.4, 0.5) is 5.69 Å². The average Bonchev–Trinajstić information content (AvgIpc) is 2.96. The molecule has 1 heterocycles. The number of ether oxygens (including phenoxy) is 1. The number of carbonyl (C=O) groups is 1. The molecule has 0 radical (unpaired) electrons. The molecule has 0 bridgehead atoms. The summed E-state index contributed by atoms with van der Waals surface area (Å²) in [5.41, 5.74) is 4.86. The van der Waals surface area contributed by atoms with Crippen LogP contribution in [0.25, 0.3) is 11.8 Å². The van der Waals surface area contributed by atoms with Crippen molar-refractivity contribution in [2.45, 2.75) is 19.8 Å². The Morgan fingerprint density at radius 1 is 0.960 bits per heavy atom. The van der Waals surface area contributed by atoms with E-state index in [1.807, 2.05) is 67.5 Å². The molecular formula is C22H23NO2. The van der Waals surface area contributed by atoms with Crippen LogP contribution in [0.1, 0.15) is 36.5 Å². The third-order valence-electron chi connectivity index (χ3n) is 4.32. The van der Waals surface area contributed by atoms with Crippen molar-refractivity contribution in [2.75, 3.05) is 19.0 Å². The van der Waals surface area contributed by atoms with Gasteiger partial charge in [0.1, 0.15) is 5.76 Å².